The van der Waals surface area contributed by atoms with E-state index in [1.807, 2.05) is 0 Å². The molecule has 168 valence electrons. The molecule has 10 heteroatoms. The summed E-state index contributed by atoms with van der Waals surface area (Å²) in [5, 5.41) is 6.29. The largest absolute Gasteiger partial charge is 0.366 e. The van der Waals surface area contributed by atoms with Gasteiger partial charge in [-0.15, -0.1) is 0 Å². The highest BCUT2D eigenvalue weighted by molar-refractivity contribution is 6.44. The van der Waals surface area contributed by atoms with E-state index in [0.717, 1.165) is 12.8 Å². The van der Waals surface area contributed by atoms with Gasteiger partial charge in [0, 0.05) is 24.3 Å². The molecule has 3 aromatic rings. The number of para-hydroxylation sites is 1. The van der Waals surface area contributed by atoms with Crippen molar-refractivity contribution in [3.8, 4) is 0 Å². The summed E-state index contributed by atoms with van der Waals surface area (Å²) in [7, 11) is 0. The Bertz CT molecular complexity index is 1210. The molecule has 33 heavy (non-hydrogen) atoms. The number of primary amides is 1. The molecular formula is C23H21ClN6O3. The molecule has 0 unspecified atom stereocenters. The third kappa shape index (κ3) is 5.09. The fourth-order valence-electron chi connectivity index (χ4n) is 3.46. The molecule has 0 atom stereocenters. The molecule has 1 aliphatic heterocycles. The van der Waals surface area contributed by atoms with Crippen LogP contribution in [0.15, 0.2) is 54.7 Å². The summed E-state index contributed by atoms with van der Waals surface area (Å²) in [6.07, 6.45) is 3.21. The zero-order valence-corrected chi connectivity index (χ0v) is 18.3. The van der Waals surface area contributed by atoms with E-state index in [9.17, 15) is 14.4 Å². The number of nitrogens with two attached hydrogens (primary N) is 1. The van der Waals surface area contributed by atoms with E-state index in [1.54, 1.807) is 53.4 Å². The Morgan fingerprint density at radius 1 is 0.970 bits per heavy atom. The number of likely N-dealkylation sites (tertiary alicyclic amines) is 1. The molecule has 0 spiro atoms. The summed E-state index contributed by atoms with van der Waals surface area (Å²) < 4.78 is 0. The first-order chi connectivity index (χ1) is 15.9. The SMILES string of the molecule is NC(=O)c1ccc(Nc2ncc(Cl)c(Nc3ccccc3C(=O)C(=O)N3CCCC3)n2)cc1. The van der Waals surface area contributed by atoms with E-state index in [0.29, 0.717) is 30.0 Å². The Balaban J connectivity index is 1.55. The number of Topliss-reactive ketones (excluding diaryl/α,β-unsaturated/α-hetero) is 1. The molecule has 1 aromatic heterocycles. The average molecular weight is 465 g/mol. The second kappa shape index (κ2) is 9.66. The van der Waals surface area contributed by atoms with Gasteiger partial charge in [0.15, 0.2) is 5.82 Å². The van der Waals surface area contributed by atoms with Crippen molar-refractivity contribution in [3.05, 3.63) is 70.9 Å². The highest BCUT2D eigenvalue weighted by atomic mass is 35.5. The normalized spacial score (nSPS) is 12.9. The third-order valence-corrected chi connectivity index (χ3v) is 5.46. The second-order valence-corrected chi connectivity index (χ2v) is 7.86. The van der Waals surface area contributed by atoms with Crippen LogP contribution in [-0.4, -0.2) is 45.6 Å². The average Bonchev–Trinajstić information content (AvgIpc) is 3.36. The number of amides is 2. The van der Waals surface area contributed by atoms with Gasteiger partial charge in [-0.05, 0) is 49.2 Å². The number of halogens is 1. The second-order valence-electron chi connectivity index (χ2n) is 7.46. The Morgan fingerprint density at radius 3 is 2.36 bits per heavy atom. The molecule has 0 bridgehead atoms. The number of nitrogens with one attached hydrogen (secondary N) is 2. The molecule has 1 saturated heterocycles. The van der Waals surface area contributed by atoms with Crippen molar-refractivity contribution >= 4 is 52.3 Å². The summed E-state index contributed by atoms with van der Waals surface area (Å²) in [6, 6.07) is 13.2. The summed E-state index contributed by atoms with van der Waals surface area (Å²) in [6.45, 7) is 1.18. The van der Waals surface area contributed by atoms with E-state index >= 15 is 0 Å². The topological polar surface area (TPSA) is 130 Å². The van der Waals surface area contributed by atoms with Gasteiger partial charge in [-0.1, -0.05) is 23.7 Å². The molecule has 1 aliphatic rings. The van der Waals surface area contributed by atoms with Crippen LogP contribution in [-0.2, 0) is 4.79 Å². The molecule has 0 radical (unpaired) electrons. The molecule has 9 nitrogen and oxygen atoms in total. The first-order valence-electron chi connectivity index (χ1n) is 10.3. The van der Waals surface area contributed by atoms with Gasteiger partial charge >= 0.3 is 0 Å². The van der Waals surface area contributed by atoms with Crippen molar-refractivity contribution in [2.45, 2.75) is 12.8 Å². The van der Waals surface area contributed by atoms with Gasteiger partial charge in [-0.2, -0.15) is 4.98 Å². The van der Waals surface area contributed by atoms with E-state index in [2.05, 4.69) is 20.6 Å². The number of hydrogen-bond donors (Lipinski definition) is 3. The van der Waals surface area contributed by atoms with Crippen molar-refractivity contribution < 1.29 is 14.4 Å². The van der Waals surface area contributed by atoms with Gasteiger partial charge in [-0.25, -0.2) is 4.98 Å². The van der Waals surface area contributed by atoms with Crippen molar-refractivity contribution in [1.29, 1.82) is 0 Å². The summed E-state index contributed by atoms with van der Waals surface area (Å²) >= 11 is 6.28. The van der Waals surface area contributed by atoms with Crippen molar-refractivity contribution in [1.82, 2.24) is 14.9 Å². The lowest BCUT2D eigenvalue weighted by atomic mass is 10.1. The fourth-order valence-corrected chi connectivity index (χ4v) is 3.60. The highest BCUT2D eigenvalue weighted by Gasteiger charge is 2.27. The molecular weight excluding hydrogens is 444 g/mol. The van der Waals surface area contributed by atoms with Gasteiger partial charge in [0.05, 0.1) is 17.4 Å². The number of rotatable bonds is 7. The monoisotopic (exact) mass is 464 g/mol. The first kappa shape index (κ1) is 22.2. The van der Waals surface area contributed by atoms with Crippen LogP contribution in [0.3, 0.4) is 0 Å². The number of carbonyl (C=O) groups excluding carboxylic acids is 3. The Hall–Kier alpha value is -3.98. The zero-order valence-electron chi connectivity index (χ0n) is 17.5. The molecule has 0 aliphatic carbocycles. The van der Waals surface area contributed by atoms with Crippen LogP contribution in [0.4, 0.5) is 23.1 Å². The lowest BCUT2D eigenvalue weighted by Crippen LogP contribution is -2.34. The molecule has 2 heterocycles. The Morgan fingerprint density at radius 2 is 1.67 bits per heavy atom. The lowest BCUT2D eigenvalue weighted by Gasteiger charge is -2.16. The molecule has 2 aromatic carbocycles. The van der Waals surface area contributed by atoms with Crippen molar-refractivity contribution in [3.63, 3.8) is 0 Å². The minimum Gasteiger partial charge on any atom is -0.366 e. The zero-order chi connectivity index (χ0) is 23.4. The maximum absolute atomic E-state index is 12.9. The number of ketones is 1. The fraction of sp³-hybridized carbons (Fsp3) is 0.174. The van der Waals surface area contributed by atoms with Gasteiger partial charge in [0.2, 0.25) is 11.9 Å². The first-order valence-corrected chi connectivity index (χ1v) is 10.7. The standard InChI is InChI=1S/C23H21ClN6O3/c24-17-13-26-23(27-15-9-7-14(8-10-15)20(25)32)29-21(17)28-18-6-2-1-5-16(18)19(31)22(33)30-11-3-4-12-30/h1-2,5-10,13H,3-4,11-12H2,(H2,25,32)(H2,26,27,28,29). The van der Waals surface area contributed by atoms with Gasteiger partial charge < -0.3 is 21.3 Å². The van der Waals surface area contributed by atoms with E-state index < -0.39 is 17.6 Å². The Labute approximate surface area is 195 Å². The number of nitrogens with zero attached hydrogens (tertiary/aromatic N) is 3. The van der Waals surface area contributed by atoms with Gasteiger partial charge in [0.25, 0.3) is 11.7 Å². The number of anilines is 4. The number of carbonyl (C=O) groups is 3. The minimum absolute atomic E-state index is 0.234. The Kier molecular flexibility index (Phi) is 6.50. The number of aromatic nitrogens is 2. The summed E-state index contributed by atoms with van der Waals surface area (Å²) in [4.78, 5) is 46.8. The summed E-state index contributed by atoms with van der Waals surface area (Å²) in [5.74, 6) is -1.12. The molecule has 4 N–H and O–H groups in total. The van der Waals surface area contributed by atoms with Crippen molar-refractivity contribution in [2.75, 3.05) is 23.7 Å². The lowest BCUT2D eigenvalue weighted by molar-refractivity contribution is -0.125. The van der Waals surface area contributed by atoms with Crippen LogP contribution in [0, 0.1) is 0 Å². The van der Waals surface area contributed by atoms with Crippen LogP contribution in [0.5, 0.6) is 0 Å². The smallest absolute Gasteiger partial charge is 0.295 e. The number of hydrogen-bond acceptors (Lipinski definition) is 7. The highest BCUT2D eigenvalue weighted by Crippen LogP contribution is 2.27. The van der Waals surface area contributed by atoms with Crippen LogP contribution in [0.2, 0.25) is 5.02 Å². The van der Waals surface area contributed by atoms with Crippen LogP contribution in [0.1, 0.15) is 33.6 Å². The molecule has 4 rings (SSSR count). The van der Waals surface area contributed by atoms with Crippen LogP contribution >= 0.6 is 11.6 Å². The third-order valence-electron chi connectivity index (χ3n) is 5.18. The molecule has 0 saturated carbocycles. The van der Waals surface area contributed by atoms with Crippen molar-refractivity contribution in [2.24, 2.45) is 5.73 Å². The maximum Gasteiger partial charge on any atom is 0.295 e. The predicted molar refractivity (Wildman–Crippen MR) is 125 cm³/mol. The van der Waals surface area contributed by atoms with Gasteiger partial charge in [0.1, 0.15) is 5.02 Å². The van der Waals surface area contributed by atoms with E-state index in [1.165, 1.54) is 6.20 Å². The van der Waals surface area contributed by atoms with E-state index in [4.69, 9.17) is 17.3 Å². The maximum atomic E-state index is 12.9. The minimum atomic E-state index is -0.585. The number of benzene rings is 2. The van der Waals surface area contributed by atoms with E-state index in [-0.39, 0.29) is 22.4 Å². The quantitative estimate of drug-likeness (QED) is 0.360. The van der Waals surface area contributed by atoms with Crippen LogP contribution < -0.4 is 16.4 Å². The summed E-state index contributed by atoms with van der Waals surface area (Å²) in [5.41, 5.74) is 6.92. The predicted octanol–water partition coefficient (Wildman–Crippen LogP) is 3.52. The molecule has 1 fully saturated rings. The molecule has 2 amide bonds. The van der Waals surface area contributed by atoms with Crippen LogP contribution in [0.25, 0.3) is 0 Å². The van der Waals surface area contributed by atoms with Gasteiger partial charge in [-0.3, -0.25) is 14.4 Å².